The van der Waals surface area contributed by atoms with E-state index in [0.717, 1.165) is 18.4 Å². The number of benzene rings is 1. The lowest BCUT2D eigenvalue weighted by atomic mass is 10.1. The van der Waals surface area contributed by atoms with Crippen LogP contribution in [0.1, 0.15) is 37.7 Å². The summed E-state index contributed by atoms with van der Waals surface area (Å²) in [4.78, 5) is 4.57. The Balaban J connectivity index is 0.00000243. The molecule has 1 heterocycles. The number of hydrogen-bond acceptors (Lipinski definition) is 3. The summed E-state index contributed by atoms with van der Waals surface area (Å²) in [6.45, 7) is 0.990. The lowest BCUT2D eigenvalue weighted by Crippen LogP contribution is -2.44. The van der Waals surface area contributed by atoms with Crippen LogP contribution < -0.4 is 10.6 Å². The molecule has 1 aliphatic carbocycles. The fourth-order valence-corrected chi connectivity index (χ4v) is 5.36. The molecule has 0 amide bonds. The largest absolute Gasteiger partial charge is 0.356 e. The van der Waals surface area contributed by atoms with Gasteiger partial charge in [-0.25, -0.2) is 17.8 Å². The molecule has 2 aliphatic rings. The van der Waals surface area contributed by atoms with Crippen LogP contribution in [0.4, 0.5) is 4.39 Å². The van der Waals surface area contributed by atoms with Gasteiger partial charge in [-0.3, -0.25) is 0 Å². The zero-order chi connectivity index (χ0) is 17.7. The Morgan fingerprint density at radius 1 is 1.23 bits per heavy atom. The molecule has 1 saturated carbocycles. The summed E-state index contributed by atoms with van der Waals surface area (Å²) >= 11 is 0. The van der Waals surface area contributed by atoms with Crippen molar-refractivity contribution in [2.75, 3.05) is 18.1 Å². The smallest absolute Gasteiger partial charge is 0.191 e. The minimum absolute atomic E-state index is 0. The minimum Gasteiger partial charge on any atom is -0.356 e. The summed E-state index contributed by atoms with van der Waals surface area (Å²) in [5.41, 5.74) is 0.816. The predicted octanol–water partition coefficient (Wildman–Crippen LogP) is 2.86. The third kappa shape index (κ3) is 6.68. The van der Waals surface area contributed by atoms with Crippen molar-refractivity contribution >= 4 is 39.8 Å². The highest BCUT2D eigenvalue weighted by molar-refractivity contribution is 14.0. The van der Waals surface area contributed by atoms with Crippen molar-refractivity contribution in [1.82, 2.24) is 10.6 Å². The van der Waals surface area contributed by atoms with Crippen LogP contribution in [0.2, 0.25) is 0 Å². The summed E-state index contributed by atoms with van der Waals surface area (Å²) in [5.74, 6) is 1.10. The molecule has 1 aromatic rings. The van der Waals surface area contributed by atoms with Gasteiger partial charge in [0.2, 0.25) is 0 Å². The van der Waals surface area contributed by atoms with E-state index in [1.807, 2.05) is 6.07 Å². The molecule has 26 heavy (non-hydrogen) atoms. The third-order valence-corrected chi connectivity index (χ3v) is 6.73. The third-order valence-electron chi connectivity index (χ3n) is 4.89. The Morgan fingerprint density at radius 2 is 2.00 bits per heavy atom. The van der Waals surface area contributed by atoms with Gasteiger partial charge in [-0.2, -0.15) is 0 Å². The molecule has 0 aromatic heterocycles. The number of hydrogen-bond donors (Lipinski definition) is 2. The van der Waals surface area contributed by atoms with E-state index in [1.165, 1.54) is 25.0 Å². The van der Waals surface area contributed by atoms with Crippen LogP contribution in [0.5, 0.6) is 0 Å². The zero-order valence-corrected chi connectivity index (χ0v) is 17.9. The molecule has 3 rings (SSSR count). The molecular formula is C18H27FIN3O2S. The highest BCUT2D eigenvalue weighted by Gasteiger charge is 2.28. The van der Waals surface area contributed by atoms with E-state index in [1.54, 1.807) is 6.07 Å². The summed E-state index contributed by atoms with van der Waals surface area (Å²) in [7, 11) is -2.87. The number of nitrogens with zero attached hydrogens (tertiary/aromatic N) is 1. The number of nitrogens with one attached hydrogen (secondary N) is 2. The molecular weight excluding hydrogens is 468 g/mol. The van der Waals surface area contributed by atoms with Gasteiger partial charge in [0.05, 0.1) is 18.1 Å². The maximum absolute atomic E-state index is 13.3. The molecule has 8 heteroatoms. The van der Waals surface area contributed by atoms with E-state index in [0.29, 0.717) is 31.5 Å². The summed E-state index contributed by atoms with van der Waals surface area (Å²) < 4.78 is 36.5. The molecule has 5 nitrogen and oxygen atoms in total. The van der Waals surface area contributed by atoms with Crippen LogP contribution >= 0.6 is 24.0 Å². The maximum Gasteiger partial charge on any atom is 0.191 e. The van der Waals surface area contributed by atoms with Gasteiger partial charge in [-0.1, -0.05) is 25.0 Å². The first-order valence-corrected chi connectivity index (χ1v) is 10.8. The average molecular weight is 495 g/mol. The van der Waals surface area contributed by atoms with Crippen molar-refractivity contribution in [1.29, 1.82) is 0 Å². The second-order valence-electron chi connectivity index (χ2n) is 7.07. The molecule has 1 unspecified atom stereocenters. The van der Waals surface area contributed by atoms with Crippen LogP contribution in [-0.2, 0) is 16.4 Å². The van der Waals surface area contributed by atoms with E-state index in [-0.39, 0.29) is 47.2 Å². The van der Waals surface area contributed by atoms with Crippen molar-refractivity contribution in [3.8, 4) is 0 Å². The Bertz CT molecular complexity index is 721. The SMILES string of the molecule is I.O=S1(=O)CCC(CNC(=NCc2cccc(F)c2)NC2CCCC2)C1. The molecule has 2 fully saturated rings. The lowest BCUT2D eigenvalue weighted by molar-refractivity contribution is 0.553. The topological polar surface area (TPSA) is 70.6 Å². The molecule has 2 N–H and O–H groups in total. The minimum atomic E-state index is -2.87. The first kappa shape index (κ1) is 21.4. The van der Waals surface area contributed by atoms with E-state index >= 15 is 0 Å². The number of aliphatic imine (C=N–C) groups is 1. The van der Waals surface area contributed by atoms with E-state index in [4.69, 9.17) is 0 Å². The Labute approximate surface area is 172 Å². The van der Waals surface area contributed by atoms with Crippen LogP contribution in [0.15, 0.2) is 29.3 Å². The first-order chi connectivity index (χ1) is 12.0. The summed E-state index contributed by atoms with van der Waals surface area (Å²) in [6, 6.07) is 6.85. The number of guanidine groups is 1. The van der Waals surface area contributed by atoms with E-state index in [2.05, 4.69) is 15.6 Å². The molecule has 0 radical (unpaired) electrons. The van der Waals surface area contributed by atoms with Crippen molar-refractivity contribution in [2.24, 2.45) is 10.9 Å². The Hall–Kier alpha value is -0.900. The van der Waals surface area contributed by atoms with Gasteiger partial charge in [-0.15, -0.1) is 24.0 Å². The van der Waals surface area contributed by atoms with Gasteiger partial charge in [0.1, 0.15) is 5.82 Å². The Kier molecular flexibility index (Phi) is 8.12. The molecule has 0 bridgehead atoms. The van der Waals surface area contributed by atoms with Gasteiger partial charge in [0.15, 0.2) is 15.8 Å². The van der Waals surface area contributed by atoms with E-state index in [9.17, 15) is 12.8 Å². The summed E-state index contributed by atoms with van der Waals surface area (Å²) in [5, 5.41) is 6.73. The van der Waals surface area contributed by atoms with Crippen LogP contribution in [0, 0.1) is 11.7 Å². The van der Waals surface area contributed by atoms with Gasteiger partial charge in [-0.05, 0) is 42.9 Å². The molecule has 1 aliphatic heterocycles. The average Bonchev–Trinajstić information content (AvgIpc) is 3.19. The standard InChI is InChI=1S/C18H26FN3O2S.HI/c19-16-5-3-4-14(10-16)11-20-18(22-17-6-1-2-7-17)21-12-15-8-9-25(23,24)13-15;/h3-5,10,15,17H,1-2,6-9,11-13H2,(H2,20,21,22);1H. The van der Waals surface area contributed by atoms with Gasteiger partial charge < -0.3 is 10.6 Å². The maximum atomic E-state index is 13.3. The fraction of sp³-hybridized carbons (Fsp3) is 0.611. The van der Waals surface area contributed by atoms with Gasteiger partial charge in [0, 0.05) is 12.6 Å². The fourth-order valence-electron chi connectivity index (χ4n) is 3.50. The first-order valence-electron chi connectivity index (χ1n) is 9.00. The van der Waals surface area contributed by atoms with Gasteiger partial charge in [0.25, 0.3) is 0 Å². The molecule has 1 atom stereocenters. The highest BCUT2D eigenvalue weighted by Crippen LogP contribution is 2.19. The quantitative estimate of drug-likeness (QED) is 0.375. The van der Waals surface area contributed by atoms with Crippen molar-refractivity contribution in [2.45, 2.75) is 44.7 Å². The van der Waals surface area contributed by atoms with Crippen molar-refractivity contribution in [3.05, 3.63) is 35.6 Å². The molecule has 1 saturated heterocycles. The normalized spacial score (nSPS) is 22.8. The second-order valence-corrected chi connectivity index (χ2v) is 9.30. The summed E-state index contributed by atoms with van der Waals surface area (Å²) in [6.07, 6.45) is 5.39. The molecule has 1 aromatic carbocycles. The molecule has 146 valence electrons. The molecule has 0 spiro atoms. The Morgan fingerprint density at radius 3 is 2.65 bits per heavy atom. The van der Waals surface area contributed by atoms with Crippen LogP contribution in [-0.4, -0.2) is 38.5 Å². The van der Waals surface area contributed by atoms with E-state index < -0.39 is 9.84 Å². The number of halogens is 2. The number of sulfone groups is 1. The van der Waals surface area contributed by atoms with Crippen molar-refractivity contribution in [3.63, 3.8) is 0 Å². The zero-order valence-electron chi connectivity index (χ0n) is 14.8. The predicted molar refractivity (Wildman–Crippen MR) is 113 cm³/mol. The van der Waals surface area contributed by atoms with Gasteiger partial charge >= 0.3 is 0 Å². The second kappa shape index (κ2) is 9.87. The van der Waals surface area contributed by atoms with Crippen LogP contribution in [0.25, 0.3) is 0 Å². The lowest BCUT2D eigenvalue weighted by Gasteiger charge is -2.19. The monoisotopic (exact) mass is 495 g/mol. The highest BCUT2D eigenvalue weighted by atomic mass is 127. The van der Waals surface area contributed by atoms with Crippen LogP contribution in [0.3, 0.4) is 0 Å². The number of rotatable bonds is 5. The van der Waals surface area contributed by atoms with Crippen molar-refractivity contribution < 1.29 is 12.8 Å².